The van der Waals surface area contributed by atoms with E-state index < -0.39 is 0 Å². The number of para-hydroxylation sites is 1. The molecule has 2 aromatic heterocycles. The highest BCUT2D eigenvalue weighted by Crippen LogP contribution is 2.25. The Balaban J connectivity index is 1.63. The number of nitrogens with zero attached hydrogens (tertiary/aromatic N) is 1. The molecular formula is C19H18N2O4. The molecular weight excluding hydrogens is 320 g/mol. The van der Waals surface area contributed by atoms with E-state index >= 15 is 0 Å². The monoisotopic (exact) mass is 338 g/mol. The van der Waals surface area contributed by atoms with Crippen LogP contribution >= 0.6 is 0 Å². The molecule has 4 rings (SSSR count). The van der Waals surface area contributed by atoms with Crippen molar-refractivity contribution in [3.05, 3.63) is 54.3 Å². The Kier molecular flexibility index (Phi) is 4.45. The number of pyridine rings is 1. The maximum absolute atomic E-state index is 12.8. The number of furan rings is 1. The van der Waals surface area contributed by atoms with Gasteiger partial charge in [-0.15, -0.1) is 0 Å². The highest BCUT2D eigenvalue weighted by Gasteiger charge is 2.18. The van der Waals surface area contributed by atoms with Gasteiger partial charge in [-0.25, -0.2) is 4.98 Å². The Hall–Kier alpha value is -2.70. The topological polar surface area (TPSA) is 73.6 Å². The number of nitrogens with one attached hydrogen (secondary N) is 1. The molecule has 128 valence electrons. The van der Waals surface area contributed by atoms with E-state index in [0.29, 0.717) is 43.4 Å². The van der Waals surface area contributed by atoms with Gasteiger partial charge in [0.25, 0.3) is 5.91 Å². The lowest BCUT2D eigenvalue weighted by Gasteiger charge is -2.23. The average Bonchev–Trinajstić information content (AvgIpc) is 3.21. The summed E-state index contributed by atoms with van der Waals surface area (Å²) in [6.45, 7) is 2.06. The van der Waals surface area contributed by atoms with E-state index in [1.165, 1.54) is 0 Å². The fourth-order valence-corrected chi connectivity index (χ4v) is 2.87. The number of ether oxygens (including phenoxy) is 2. The minimum absolute atomic E-state index is 0.115. The third-order valence-corrected chi connectivity index (χ3v) is 4.11. The van der Waals surface area contributed by atoms with Gasteiger partial charge in [0.05, 0.1) is 43.3 Å². The SMILES string of the molecule is O=C(NC[C@H]1COCCO1)c1cc(-c2ccco2)nc2ccccc12. The molecule has 1 aromatic carbocycles. The van der Waals surface area contributed by atoms with Gasteiger partial charge in [-0.05, 0) is 24.3 Å². The maximum Gasteiger partial charge on any atom is 0.252 e. The minimum atomic E-state index is -0.166. The number of hydrogen-bond donors (Lipinski definition) is 1. The van der Waals surface area contributed by atoms with Gasteiger partial charge in [0.1, 0.15) is 5.69 Å². The number of rotatable bonds is 4. The van der Waals surface area contributed by atoms with Crippen molar-refractivity contribution >= 4 is 16.8 Å². The van der Waals surface area contributed by atoms with Crippen LogP contribution in [0.1, 0.15) is 10.4 Å². The number of carbonyl (C=O) groups is 1. The number of amides is 1. The van der Waals surface area contributed by atoms with Crippen LogP contribution in [-0.2, 0) is 9.47 Å². The minimum Gasteiger partial charge on any atom is -0.463 e. The first-order valence-electron chi connectivity index (χ1n) is 8.22. The van der Waals surface area contributed by atoms with E-state index in [2.05, 4.69) is 10.3 Å². The van der Waals surface area contributed by atoms with Crippen LogP contribution < -0.4 is 5.32 Å². The van der Waals surface area contributed by atoms with Crippen LogP contribution in [0.2, 0.25) is 0 Å². The molecule has 3 heterocycles. The molecule has 25 heavy (non-hydrogen) atoms. The van der Waals surface area contributed by atoms with E-state index in [-0.39, 0.29) is 12.0 Å². The summed E-state index contributed by atoms with van der Waals surface area (Å²) in [6.07, 6.45) is 1.47. The maximum atomic E-state index is 12.8. The Bertz CT molecular complexity index is 870. The summed E-state index contributed by atoms with van der Waals surface area (Å²) in [4.78, 5) is 17.3. The molecule has 1 saturated heterocycles. The van der Waals surface area contributed by atoms with E-state index in [1.54, 1.807) is 18.4 Å². The van der Waals surface area contributed by atoms with Crippen LogP contribution in [-0.4, -0.2) is 43.4 Å². The molecule has 3 aromatic rings. The molecule has 0 aliphatic carbocycles. The van der Waals surface area contributed by atoms with Crippen molar-refractivity contribution in [2.45, 2.75) is 6.10 Å². The smallest absolute Gasteiger partial charge is 0.252 e. The van der Waals surface area contributed by atoms with Crippen LogP contribution in [0.3, 0.4) is 0 Å². The van der Waals surface area contributed by atoms with E-state index in [1.807, 2.05) is 30.3 Å². The van der Waals surface area contributed by atoms with Crippen LogP contribution in [0.5, 0.6) is 0 Å². The highest BCUT2D eigenvalue weighted by atomic mass is 16.6. The molecule has 1 amide bonds. The lowest BCUT2D eigenvalue weighted by molar-refractivity contribution is -0.0855. The summed E-state index contributed by atoms with van der Waals surface area (Å²) in [5, 5.41) is 3.73. The summed E-state index contributed by atoms with van der Waals surface area (Å²) < 4.78 is 16.4. The van der Waals surface area contributed by atoms with Gasteiger partial charge < -0.3 is 19.2 Å². The lowest BCUT2D eigenvalue weighted by Crippen LogP contribution is -2.39. The molecule has 1 atom stereocenters. The molecule has 1 aliphatic rings. The predicted octanol–water partition coefficient (Wildman–Crippen LogP) is 2.64. The van der Waals surface area contributed by atoms with Crippen molar-refractivity contribution in [3.8, 4) is 11.5 Å². The van der Waals surface area contributed by atoms with Crippen molar-refractivity contribution in [3.63, 3.8) is 0 Å². The molecule has 0 unspecified atom stereocenters. The molecule has 0 spiro atoms. The second-order valence-electron chi connectivity index (χ2n) is 5.83. The van der Waals surface area contributed by atoms with Crippen LogP contribution in [0, 0.1) is 0 Å². The molecule has 6 heteroatoms. The molecule has 1 aliphatic heterocycles. The van der Waals surface area contributed by atoms with Crippen LogP contribution in [0.4, 0.5) is 0 Å². The predicted molar refractivity (Wildman–Crippen MR) is 92.3 cm³/mol. The Morgan fingerprint density at radius 3 is 2.92 bits per heavy atom. The zero-order valence-corrected chi connectivity index (χ0v) is 13.6. The van der Waals surface area contributed by atoms with E-state index in [4.69, 9.17) is 13.9 Å². The van der Waals surface area contributed by atoms with Crippen molar-refractivity contribution in [1.29, 1.82) is 0 Å². The molecule has 0 saturated carbocycles. The molecule has 1 fully saturated rings. The van der Waals surface area contributed by atoms with Crippen molar-refractivity contribution < 1.29 is 18.7 Å². The van der Waals surface area contributed by atoms with Crippen molar-refractivity contribution in [2.75, 3.05) is 26.4 Å². The largest absolute Gasteiger partial charge is 0.463 e. The summed E-state index contributed by atoms with van der Waals surface area (Å²) >= 11 is 0. The Morgan fingerprint density at radius 1 is 1.20 bits per heavy atom. The van der Waals surface area contributed by atoms with Gasteiger partial charge >= 0.3 is 0 Å². The standard InChI is InChI=1S/C19H18N2O4/c22-19(20-11-13-12-23-8-9-24-13)15-10-17(18-6-3-7-25-18)21-16-5-2-1-4-14(15)16/h1-7,10,13H,8-9,11-12H2,(H,20,22)/t13-/m0/s1. The molecule has 0 radical (unpaired) electrons. The second-order valence-corrected chi connectivity index (χ2v) is 5.83. The number of fused-ring (bicyclic) bond motifs is 1. The summed E-state index contributed by atoms with van der Waals surface area (Å²) in [7, 11) is 0. The zero-order chi connectivity index (χ0) is 17.1. The highest BCUT2D eigenvalue weighted by molar-refractivity contribution is 6.07. The lowest BCUT2D eigenvalue weighted by atomic mass is 10.1. The number of carbonyl (C=O) groups excluding carboxylic acids is 1. The molecule has 1 N–H and O–H groups in total. The first-order chi connectivity index (χ1) is 12.3. The summed E-state index contributed by atoms with van der Waals surface area (Å²) in [5.74, 6) is 0.462. The van der Waals surface area contributed by atoms with Gasteiger partial charge in [0.2, 0.25) is 0 Å². The Labute approximate surface area is 144 Å². The summed E-state index contributed by atoms with van der Waals surface area (Å²) in [6, 6.07) is 13.0. The van der Waals surface area contributed by atoms with Crippen molar-refractivity contribution in [2.24, 2.45) is 0 Å². The first kappa shape index (κ1) is 15.8. The normalized spacial score (nSPS) is 17.5. The van der Waals surface area contributed by atoms with Gasteiger partial charge in [-0.3, -0.25) is 4.79 Å². The van der Waals surface area contributed by atoms with Crippen molar-refractivity contribution in [1.82, 2.24) is 10.3 Å². The number of aromatic nitrogens is 1. The molecule has 6 nitrogen and oxygen atoms in total. The van der Waals surface area contributed by atoms with Gasteiger partial charge in [-0.1, -0.05) is 18.2 Å². The van der Waals surface area contributed by atoms with E-state index in [9.17, 15) is 4.79 Å². The second kappa shape index (κ2) is 7.04. The molecule has 0 bridgehead atoms. The van der Waals surface area contributed by atoms with Gasteiger partial charge in [0.15, 0.2) is 5.76 Å². The van der Waals surface area contributed by atoms with Crippen LogP contribution in [0.15, 0.2) is 53.1 Å². The van der Waals surface area contributed by atoms with Gasteiger partial charge in [0, 0.05) is 11.9 Å². The third kappa shape index (κ3) is 3.40. The number of hydrogen-bond acceptors (Lipinski definition) is 5. The third-order valence-electron chi connectivity index (χ3n) is 4.11. The first-order valence-corrected chi connectivity index (χ1v) is 8.22. The quantitative estimate of drug-likeness (QED) is 0.792. The van der Waals surface area contributed by atoms with Crippen LogP contribution in [0.25, 0.3) is 22.4 Å². The Morgan fingerprint density at radius 2 is 2.12 bits per heavy atom. The summed E-state index contributed by atoms with van der Waals surface area (Å²) in [5.41, 5.74) is 1.94. The van der Waals surface area contributed by atoms with Gasteiger partial charge in [-0.2, -0.15) is 0 Å². The zero-order valence-electron chi connectivity index (χ0n) is 13.6. The fourth-order valence-electron chi connectivity index (χ4n) is 2.87. The average molecular weight is 338 g/mol. The fraction of sp³-hybridized carbons (Fsp3) is 0.263. The number of benzene rings is 1. The van der Waals surface area contributed by atoms with E-state index in [0.717, 1.165) is 10.9 Å².